The molecule has 164 valence electrons. The van der Waals surface area contributed by atoms with Gasteiger partial charge in [-0.25, -0.2) is 0 Å². The molecule has 1 unspecified atom stereocenters. The van der Waals surface area contributed by atoms with Gasteiger partial charge in [0, 0.05) is 57.3 Å². The molecule has 0 bridgehead atoms. The third kappa shape index (κ3) is 4.80. The van der Waals surface area contributed by atoms with Crippen molar-refractivity contribution in [1.82, 2.24) is 15.5 Å². The largest absolute Gasteiger partial charge is 0.381 e. The van der Waals surface area contributed by atoms with E-state index in [-0.39, 0.29) is 17.4 Å². The topological polar surface area (TPSA) is 66.0 Å². The first-order valence-electron chi connectivity index (χ1n) is 11.6. The Kier molecular flexibility index (Phi) is 6.93. The molecule has 1 aliphatic carbocycles. The second-order valence-electron chi connectivity index (χ2n) is 9.08. The summed E-state index contributed by atoms with van der Waals surface area (Å²) in [5, 5.41) is 7.15. The molecular weight excluding hydrogens is 376 g/mol. The molecule has 6 heteroatoms. The maximum Gasteiger partial charge on any atom is 0.225 e. The highest BCUT2D eigenvalue weighted by Gasteiger charge is 2.35. The number of ether oxygens (including phenoxy) is 1. The SMILES string of the molecule is CN=C(NCC1(c2ccccc2)CCOCC1)NC1CCN(C(=O)C2CCCC2)C1. The molecule has 0 aromatic heterocycles. The number of nitrogens with one attached hydrogen (secondary N) is 2. The zero-order chi connectivity index (χ0) is 20.8. The van der Waals surface area contributed by atoms with Gasteiger partial charge in [-0.3, -0.25) is 9.79 Å². The first-order valence-corrected chi connectivity index (χ1v) is 11.6. The molecule has 0 radical (unpaired) electrons. The van der Waals surface area contributed by atoms with E-state index >= 15 is 0 Å². The van der Waals surface area contributed by atoms with Crippen LogP contribution in [0.15, 0.2) is 35.3 Å². The molecule has 2 N–H and O–H groups in total. The fraction of sp³-hybridized carbons (Fsp3) is 0.667. The number of likely N-dealkylation sites (tertiary alicyclic amines) is 1. The van der Waals surface area contributed by atoms with Crippen LogP contribution in [0.25, 0.3) is 0 Å². The van der Waals surface area contributed by atoms with Crippen LogP contribution in [0.1, 0.15) is 50.5 Å². The summed E-state index contributed by atoms with van der Waals surface area (Å²) in [5.41, 5.74) is 1.43. The molecule has 2 aliphatic heterocycles. The van der Waals surface area contributed by atoms with Crippen LogP contribution in [-0.2, 0) is 14.9 Å². The van der Waals surface area contributed by atoms with E-state index in [1.54, 1.807) is 0 Å². The van der Waals surface area contributed by atoms with Crippen LogP contribution < -0.4 is 10.6 Å². The van der Waals surface area contributed by atoms with Crippen LogP contribution >= 0.6 is 0 Å². The van der Waals surface area contributed by atoms with E-state index in [9.17, 15) is 4.79 Å². The van der Waals surface area contributed by atoms with Gasteiger partial charge in [-0.1, -0.05) is 43.2 Å². The third-order valence-corrected chi connectivity index (χ3v) is 7.20. The molecule has 3 aliphatic rings. The lowest BCUT2D eigenvalue weighted by Gasteiger charge is -2.38. The Labute approximate surface area is 180 Å². The Morgan fingerprint density at radius 1 is 1.17 bits per heavy atom. The summed E-state index contributed by atoms with van der Waals surface area (Å²) in [6, 6.07) is 11.0. The molecular formula is C24H36N4O2. The number of nitrogens with zero attached hydrogens (tertiary/aromatic N) is 2. The Bertz CT molecular complexity index is 724. The summed E-state index contributed by atoms with van der Waals surface area (Å²) >= 11 is 0. The van der Waals surface area contributed by atoms with Gasteiger partial charge in [0.15, 0.2) is 5.96 Å². The Hall–Kier alpha value is -2.08. The molecule has 1 aromatic rings. The van der Waals surface area contributed by atoms with Crippen molar-refractivity contribution >= 4 is 11.9 Å². The number of hydrogen-bond acceptors (Lipinski definition) is 3. The van der Waals surface area contributed by atoms with Crippen LogP contribution in [0.4, 0.5) is 0 Å². The van der Waals surface area contributed by atoms with E-state index in [1.807, 2.05) is 7.05 Å². The van der Waals surface area contributed by atoms with Gasteiger partial charge in [-0.2, -0.15) is 0 Å². The van der Waals surface area contributed by atoms with E-state index in [0.29, 0.717) is 5.91 Å². The number of guanidine groups is 1. The first kappa shape index (κ1) is 21.2. The molecule has 1 amide bonds. The van der Waals surface area contributed by atoms with E-state index in [0.717, 1.165) is 70.9 Å². The van der Waals surface area contributed by atoms with Gasteiger partial charge < -0.3 is 20.3 Å². The summed E-state index contributed by atoms with van der Waals surface area (Å²) in [6.45, 7) is 4.06. The molecule has 1 atom stereocenters. The van der Waals surface area contributed by atoms with Gasteiger partial charge in [0.05, 0.1) is 0 Å². The van der Waals surface area contributed by atoms with Gasteiger partial charge in [-0.15, -0.1) is 0 Å². The van der Waals surface area contributed by atoms with Crippen LogP contribution in [-0.4, -0.2) is 62.7 Å². The number of benzene rings is 1. The van der Waals surface area contributed by atoms with Gasteiger partial charge in [0.2, 0.25) is 5.91 Å². The molecule has 30 heavy (non-hydrogen) atoms. The maximum atomic E-state index is 12.7. The molecule has 3 fully saturated rings. The number of aliphatic imine (C=N–C) groups is 1. The van der Waals surface area contributed by atoms with Gasteiger partial charge >= 0.3 is 0 Å². The van der Waals surface area contributed by atoms with Crippen molar-refractivity contribution in [2.45, 2.75) is 56.4 Å². The molecule has 2 heterocycles. The van der Waals surface area contributed by atoms with Gasteiger partial charge in [0.25, 0.3) is 0 Å². The molecule has 4 rings (SSSR count). The lowest BCUT2D eigenvalue weighted by Crippen LogP contribution is -2.50. The molecule has 1 saturated carbocycles. The maximum absolute atomic E-state index is 12.7. The molecule has 2 saturated heterocycles. The van der Waals surface area contributed by atoms with Crippen LogP contribution in [0.3, 0.4) is 0 Å². The number of carbonyl (C=O) groups excluding carboxylic acids is 1. The van der Waals surface area contributed by atoms with Crippen molar-refractivity contribution in [3.05, 3.63) is 35.9 Å². The lowest BCUT2D eigenvalue weighted by molar-refractivity contribution is -0.134. The summed E-state index contributed by atoms with van der Waals surface area (Å²) in [4.78, 5) is 19.2. The van der Waals surface area contributed by atoms with Gasteiger partial charge in [0.1, 0.15) is 0 Å². The van der Waals surface area contributed by atoms with Crippen molar-refractivity contribution in [2.75, 3.05) is 39.9 Å². The number of rotatable bonds is 5. The number of hydrogen-bond donors (Lipinski definition) is 2. The zero-order valence-corrected chi connectivity index (χ0v) is 18.2. The smallest absolute Gasteiger partial charge is 0.225 e. The van der Waals surface area contributed by atoms with Crippen LogP contribution in [0, 0.1) is 5.92 Å². The van der Waals surface area contributed by atoms with E-state index in [1.165, 1.54) is 18.4 Å². The highest BCUT2D eigenvalue weighted by molar-refractivity contribution is 5.81. The minimum absolute atomic E-state index is 0.0667. The Balaban J connectivity index is 1.33. The second-order valence-corrected chi connectivity index (χ2v) is 9.08. The van der Waals surface area contributed by atoms with Gasteiger partial charge in [-0.05, 0) is 37.7 Å². The normalized spacial score (nSPS) is 24.8. The first-order chi connectivity index (χ1) is 14.7. The molecule has 6 nitrogen and oxygen atoms in total. The fourth-order valence-electron chi connectivity index (χ4n) is 5.27. The van der Waals surface area contributed by atoms with E-state index < -0.39 is 0 Å². The molecule has 0 spiro atoms. The minimum atomic E-state index is 0.0667. The highest BCUT2D eigenvalue weighted by atomic mass is 16.5. The second kappa shape index (κ2) is 9.82. The highest BCUT2D eigenvalue weighted by Crippen LogP contribution is 2.34. The van der Waals surface area contributed by atoms with Crippen molar-refractivity contribution in [2.24, 2.45) is 10.9 Å². The number of carbonyl (C=O) groups is 1. The predicted molar refractivity (Wildman–Crippen MR) is 120 cm³/mol. The summed E-state index contributed by atoms with van der Waals surface area (Å²) in [7, 11) is 1.82. The fourth-order valence-corrected chi connectivity index (χ4v) is 5.27. The van der Waals surface area contributed by atoms with E-state index in [2.05, 4.69) is 50.9 Å². The zero-order valence-electron chi connectivity index (χ0n) is 18.2. The predicted octanol–water partition coefficient (Wildman–Crippen LogP) is 2.69. The summed E-state index contributed by atoms with van der Waals surface area (Å²) < 4.78 is 5.65. The van der Waals surface area contributed by atoms with Crippen molar-refractivity contribution in [1.29, 1.82) is 0 Å². The van der Waals surface area contributed by atoms with E-state index in [4.69, 9.17) is 4.74 Å². The summed E-state index contributed by atoms with van der Waals surface area (Å²) in [5.74, 6) is 1.46. The average molecular weight is 413 g/mol. The third-order valence-electron chi connectivity index (χ3n) is 7.20. The van der Waals surface area contributed by atoms with Crippen molar-refractivity contribution < 1.29 is 9.53 Å². The van der Waals surface area contributed by atoms with Crippen molar-refractivity contribution in [3.8, 4) is 0 Å². The lowest BCUT2D eigenvalue weighted by atomic mass is 9.74. The Morgan fingerprint density at radius 2 is 1.90 bits per heavy atom. The minimum Gasteiger partial charge on any atom is -0.381 e. The van der Waals surface area contributed by atoms with Crippen LogP contribution in [0.5, 0.6) is 0 Å². The molecule has 1 aromatic carbocycles. The monoisotopic (exact) mass is 412 g/mol. The standard InChI is InChI=1S/C24H36N4O2/c1-25-23(27-21-11-14-28(17-21)22(29)19-7-5-6-8-19)26-18-24(12-15-30-16-13-24)20-9-3-2-4-10-20/h2-4,9-10,19,21H,5-8,11-18H2,1H3,(H2,25,26,27). The Morgan fingerprint density at radius 3 is 2.60 bits per heavy atom. The quantitative estimate of drug-likeness (QED) is 0.576. The summed E-state index contributed by atoms with van der Waals surface area (Å²) in [6.07, 6.45) is 7.55. The average Bonchev–Trinajstić information content (AvgIpc) is 3.50. The van der Waals surface area contributed by atoms with Crippen LogP contribution in [0.2, 0.25) is 0 Å². The number of amides is 1. The van der Waals surface area contributed by atoms with Crippen molar-refractivity contribution in [3.63, 3.8) is 0 Å².